The third kappa shape index (κ3) is 3.46. The highest BCUT2D eigenvalue weighted by Gasteiger charge is 2.51. The second kappa shape index (κ2) is 7.15. The van der Waals surface area contributed by atoms with Gasteiger partial charge < -0.3 is 15.6 Å². The van der Waals surface area contributed by atoms with Crippen LogP contribution in [0.3, 0.4) is 0 Å². The third-order valence-corrected chi connectivity index (χ3v) is 5.87. The van der Waals surface area contributed by atoms with Gasteiger partial charge in [-0.15, -0.1) is 11.3 Å². The van der Waals surface area contributed by atoms with Crippen molar-refractivity contribution < 1.29 is 14.4 Å². The summed E-state index contributed by atoms with van der Waals surface area (Å²) in [7, 11) is 0. The zero-order valence-electron chi connectivity index (χ0n) is 14.8. The van der Waals surface area contributed by atoms with Gasteiger partial charge in [0.15, 0.2) is 5.13 Å². The number of thiazole rings is 1. The summed E-state index contributed by atoms with van der Waals surface area (Å²) in [6.07, 6.45) is 5.81. The summed E-state index contributed by atoms with van der Waals surface area (Å²) in [4.78, 5) is 45.5. The molecule has 0 unspecified atom stereocenters. The molecule has 27 heavy (non-hydrogen) atoms. The highest BCUT2D eigenvalue weighted by atomic mass is 32.1. The van der Waals surface area contributed by atoms with E-state index in [0.717, 1.165) is 24.2 Å². The molecule has 1 spiro atoms. The number of amides is 4. The Balaban J connectivity index is 1.26. The molecule has 0 bridgehead atoms. The fraction of sp³-hybridized carbons (Fsp3) is 0.444. The first kappa shape index (κ1) is 17.7. The molecule has 4 rings (SSSR count). The molecule has 3 N–H and O–H groups in total. The topological polar surface area (TPSA) is 107 Å². The molecule has 4 amide bonds. The Labute approximate surface area is 160 Å². The number of urea groups is 1. The van der Waals surface area contributed by atoms with E-state index >= 15 is 0 Å². The summed E-state index contributed by atoms with van der Waals surface area (Å²) in [5.74, 6) is -0.314. The lowest BCUT2D eigenvalue weighted by Gasteiger charge is -2.19. The van der Waals surface area contributed by atoms with Crippen LogP contribution < -0.4 is 10.6 Å². The lowest BCUT2D eigenvalue weighted by atomic mass is 9.98. The van der Waals surface area contributed by atoms with E-state index in [9.17, 15) is 14.4 Å². The number of hydrogen-bond acceptors (Lipinski definition) is 5. The van der Waals surface area contributed by atoms with Crippen molar-refractivity contribution in [3.8, 4) is 11.4 Å². The summed E-state index contributed by atoms with van der Waals surface area (Å²) >= 11 is 1.36. The number of hydrogen-bond donors (Lipinski definition) is 3. The van der Waals surface area contributed by atoms with E-state index < -0.39 is 5.54 Å². The molecule has 0 atom stereocenters. The van der Waals surface area contributed by atoms with Crippen molar-refractivity contribution in [2.45, 2.75) is 44.1 Å². The highest BCUT2D eigenvalue weighted by molar-refractivity contribution is 7.14. The van der Waals surface area contributed by atoms with Crippen LogP contribution in [0.15, 0.2) is 23.7 Å². The molecule has 1 saturated carbocycles. The van der Waals surface area contributed by atoms with Gasteiger partial charge in [0.05, 0.1) is 11.4 Å². The van der Waals surface area contributed by atoms with Gasteiger partial charge in [0, 0.05) is 24.5 Å². The van der Waals surface area contributed by atoms with Crippen LogP contribution >= 0.6 is 11.3 Å². The molecule has 1 aliphatic heterocycles. The second-order valence-corrected chi connectivity index (χ2v) is 7.81. The van der Waals surface area contributed by atoms with Crippen LogP contribution in [0.4, 0.5) is 9.93 Å². The summed E-state index contributed by atoms with van der Waals surface area (Å²) in [5, 5.41) is 8.02. The fourth-order valence-corrected chi connectivity index (χ4v) is 4.45. The number of carbonyl (C=O) groups is 3. The van der Waals surface area contributed by atoms with Crippen LogP contribution in [0.25, 0.3) is 11.4 Å². The van der Waals surface area contributed by atoms with Crippen molar-refractivity contribution in [2.24, 2.45) is 0 Å². The minimum Gasteiger partial charge on any atom is -0.360 e. The van der Waals surface area contributed by atoms with Gasteiger partial charge in [0.1, 0.15) is 5.54 Å². The number of rotatable bonds is 6. The average Bonchev–Trinajstić information content (AvgIpc) is 3.40. The second-order valence-electron chi connectivity index (χ2n) is 6.95. The zero-order chi connectivity index (χ0) is 18.9. The summed E-state index contributed by atoms with van der Waals surface area (Å²) in [5.41, 5.74) is 0.988. The number of carbonyl (C=O) groups excluding carboxylic acids is 3. The van der Waals surface area contributed by atoms with Gasteiger partial charge in [-0.3, -0.25) is 14.5 Å². The largest absolute Gasteiger partial charge is 0.360 e. The van der Waals surface area contributed by atoms with Crippen LogP contribution in [0.5, 0.6) is 0 Å². The normalized spacial score (nSPS) is 18.3. The molecule has 0 aromatic carbocycles. The van der Waals surface area contributed by atoms with E-state index in [2.05, 4.69) is 20.6 Å². The minimum absolute atomic E-state index is 0.138. The molecular formula is C18H21N5O3S. The number of imide groups is 1. The van der Waals surface area contributed by atoms with Crippen molar-refractivity contribution in [1.82, 2.24) is 20.2 Å². The summed E-state index contributed by atoms with van der Waals surface area (Å²) < 4.78 is 0. The highest BCUT2D eigenvalue weighted by Crippen LogP contribution is 2.35. The predicted molar refractivity (Wildman–Crippen MR) is 101 cm³/mol. The van der Waals surface area contributed by atoms with Crippen LogP contribution in [0.1, 0.15) is 38.5 Å². The van der Waals surface area contributed by atoms with E-state index in [-0.39, 0.29) is 30.8 Å². The number of nitrogens with one attached hydrogen (secondary N) is 3. The number of H-pyrrole nitrogens is 1. The monoisotopic (exact) mass is 387 g/mol. The number of anilines is 1. The van der Waals surface area contributed by atoms with Gasteiger partial charge in [0.25, 0.3) is 5.91 Å². The maximum absolute atomic E-state index is 12.6. The Hall–Kier alpha value is -2.68. The molecule has 2 aromatic heterocycles. The average molecular weight is 387 g/mol. The lowest BCUT2D eigenvalue weighted by molar-refractivity contribution is -0.131. The van der Waals surface area contributed by atoms with E-state index in [0.29, 0.717) is 24.4 Å². The smallest absolute Gasteiger partial charge is 0.325 e. The maximum Gasteiger partial charge on any atom is 0.325 e. The Bertz CT molecular complexity index is 854. The van der Waals surface area contributed by atoms with Crippen molar-refractivity contribution in [3.05, 3.63) is 23.7 Å². The quantitative estimate of drug-likeness (QED) is 0.663. The van der Waals surface area contributed by atoms with Crippen LogP contribution in [0, 0.1) is 0 Å². The molecule has 0 radical (unpaired) electrons. The van der Waals surface area contributed by atoms with Crippen molar-refractivity contribution in [2.75, 3.05) is 11.9 Å². The predicted octanol–water partition coefficient (Wildman–Crippen LogP) is 2.72. The lowest BCUT2D eigenvalue weighted by Crippen LogP contribution is -2.44. The van der Waals surface area contributed by atoms with Crippen molar-refractivity contribution in [1.29, 1.82) is 0 Å². The van der Waals surface area contributed by atoms with E-state index in [4.69, 9.17) is 0 Å². The van der Waals surface area contributed by atoms with Crippen molar-refractivity contribution >= 4 is 34.3 Å². The molecule has 142 valence electrons. The first-order chi connectivity index (χ1) is 13.1. The first-order valence-electron chi connectivity index (χ1n) is 9.11. The molecule has 2 fully saturated rings. The van der Waals surface area contributed by atoms with Gasteiger partial charge in [-0.05, 0) is 31.4 Å². The van der Waals surface area contributed by atoms with Crippen LogP contribution in [0.2, 0.25) is 0 Å². The van der Waals surface area contributed by atoms with Gasteiger partial charge in [-0.25, -0.2) is 9.78 Å². The summed E-state index contributed by atoms with van der Waals surface area (Å²) in [6, 6.07) is 3.46. The molecule has 2 aromatic rings. The van der Waals surface area contributed by atoms with E-state index in [1.54, 1.807) is 0 Å². The van der Waals surface area contributed by atoms with Crippen LogP contribution in [-0.2, 0) is 9.59 Å². The van der Waals surface area contributed by atoms with E-state index in [1.165, 1.54) is 16.2 Å². The van der Waals surface area contributed by atoms with Gasteiger partial charge in [0.2, 0.25) is 5.91 Å². The van der Waals surface area contributed by atoms with Gasteiger partial charge in [-0.2, -0.15) is 0 Å². The number of aromatic amines is 1. The third-order valence-electron chi connectivity index (χ3n) is 5.11. The molecule has 9 heteroatoms. The number of nitrogens with zero attached hydrogens (tertiary/aromatic N) is 2. The molecular weight excluding hydrogens is 366 g/mol. The van der Waals surface area contributed by atoms with E-state index in [1.807, 2.05) is 23.7 Å². The Morgan fingerprint density at radius 3 is 2.89 bits per heavy atom. The van der Waals surface area contributed by atoms with Gasteiger partial charge >= 0.3 is 6.03 Å². The van der Waals surface area contributed by atoms with Gasteiger partial charge in [-0.1, -0.05) is 12.8 Å². The molecule has 1 saturated heterocycles. The minimum atomic E-state index is -0.686. The zero-order valence-corrected chi connectivity index (χ0v) is 15.6. The molecule has 1 aliphatic carbocycles. The standard InChI is InChI=1S/C18H21N5O3S/c24-14(21-16-20-13(11-27-16)12-5-3-9-19-12)6-4-10-23-15(25)18(22-17(23)26)7-1-2-8-18/h3,5,9,11,19H,1-2,4,6-8,10H2,(H,22,26)(H,20,21,24). The fourth-order valence-electron chi connectivity index (χ4n) is 3.72. The maximum atomic E-state index is 12.6. The van der Waals surface area contributed by atoms with Crippen molar-refractivity contribution in [3.63, 3.8) is 0 Å². The number of aromatic nitrogens is 2. The Kier molecular flexibility index (Phi) is 4.69. The Morgan fingerprint density at radius 1 is 1.33 bits per heavy atom. The molecule has 8 nitrogen and oxygen atoms in total. The SMILES string of the molecule is O=C(CCCN1C(=O)NC2(CCCC2)C1=O)Nc1nc(-c2ccc[nH]2)cs1. The molecule has 3 heterocycles. The molecule has 2 aliphatic rings. The first-order valence-corrected chi connectivity index (χ1v) is 9.99. The summed E-state index contributed by atoms with van der Waals surface area (Å²) in [6.45, 7) is 0.255. The van der Waals surface area contributed by atoms with Crippen LogP contribution in [-0.4, -0.2) is 44.8 Å². The Morgan fingerprint density at radius 2 is 2.15 bits per heavy atom.